The highest BCUT2D eigenvalue weighted by molar-refractivity contribution is 5.88. The Kier molecular flexibility index (Phi) is 7.82. The van der Waals surface area contributed by atoms with Crippen LogP contribution in [0.5, 0.6) is 5.75 Å². The zero-order valence-corrected chi connectivity index (χ0v) is 16.0. The van der Waals surface area contributed by atoms with Gasteiger partial charge in [0.25, 0.3) is 0 Å². The van der Waals surface area contributed by atoms with Crippen LogP contribution in [0.15, 0.2) is 54.6 Å². The molecule has 2 rings (SSSR count). The van der Waals surface area contributed by atoms with Crippen molar-refractivity contribution in [2.45, 2.75) is 19.5 Å². The number of benzene rings is 2. The summed E-state index contributed by atoms with van der Waals surface area (Å²) in [6, 6.07) is 16.0. The Morgan fingerprint density at radius 1 is 1.04 bits per heavy atom. The molecule has 2 aromatic carbocycles. The highest BCUT2D eigenvalue weighted by Gasteiger charge is 2.29. The maximum Gasteiger partial charge on any atom is 0.247 e. The molecule has 2 aromatic rings. The second kappa shape index (κ2) is 10.3. The Hall–Kier alpha value is -2.86. The predicted molar refractivity (Wildman–Crippen MR) is 103 cm³/mol. The second-order valence-electron chi connectivity index (χ2n) is 6.09. The molecule has 0 aliphatic heterocycles. The van der Waals surface area contributed by atoms with Gasteiger partial charge in [-0.15, -0.1) is 0 Å². The highest BCUT2D eigenvalue weighted by Crippen LogP contribution is 2.24. The van der Waals surface area contributed by atoms with E-state index < -0.39 is 6.04 Å². The van der Waals surface area contributed by atoms with Gasteiger partial charge in [-0.2, -0.15) is 0 Å². The monoisotopic (exact) mass is 370 g/mol. The summed E-state index contributed by atoms with van der Waals surface area (Å²) in [5, 5.41) is 2.84. The third kappa shape index (κ3) is 5.82. The minimum Gasteiger partial charge on any atom is -0.497 e. The molecule has 1 N–H and O–H groups in total. The summed E-state index contributed by atoms with van der Waals surface area (Å²) < 4.78 is 10.2. The molecule has 0 unspecified atom stereocenters. The van der Waals surface area contributed by atoms with Crippen LogP contribution in [0.2, 0.25) is 0 Å². The van der Waals surface area contributed by atoms with Gasteiger partial charge in [-0.3, -0.25) is 9.59 Å². The molecule has 144 valence electrons. The predicted octanol–water partition coefficient (Wildman–Crippen LogP) is 2.55. The van der Waals surface area contributed by atoms with Gasteiger partial charge >= 0.3 is 0 Å². The third-order valence-electron chi connectivity index (χ3n) is 4.20. The number of hydrogen-bond acceptors (Lipinski definition) is 4. The van der Waals surface area contributed by atoms with Crippen molar-refractivity contribution < 1.29 is 19.1 Å². The molecular weight excluding hydrogens is 344 g/mol. The molecular formula is C21H26N2O4. The number of methoxy groups -OCH3 is 2. The molecule has 6 nitrogen and oxygen atoms in total. The minimum atomic E-state index is -0.720. The van der Waals surface area contributed by atoms with Crippen molar-refractivity contribution in [1.29, 1.82) is 0 Å². The van der Waals surface area contributed by atoms with Crippen LogP contribution in [0.25, 0.3) is 0 Å². The molecule has 0 aliphatic rings. The van der Waals surface area contributed by atoms with Crippen molar-refractivity contribution in [3.63, 3.8) is 0 Å². The van der Waals surface area contributed by atoms with E-state index in [4.69, 9.17) is 9.47 Å². The van der Waals surface area contributed by atoms with Gasteiger partial charge in [-0.05, 0) is 23.3 Å². The summed E-state index contributed by atoms with van der Waals surface area (Å²) in [6.07, 6.45) is 0. The molecule has 1 atom stereocenters. The zero-order chi connectivity index (χ0) is 19.6. The lowest BCUT2D eigenvalue weighted by molar-refractivity contribution is -0.140. The standard InChI is InChI=1S/C21H26N2O4/c1-16(24)23(15-17-9-11-19(27-3)12-10-17)20(18-7-5-4-6-8-18)21(25)22-13-14-26-2/h4-12,20H,13-15H2,1-3H3,(H,22,25)/t20-/m0/s1. The summed E-state index contributed by atoms with van der Waals surface area (Å²) in [5.41, 5.74) is 1.67. The van der Waals surface area contributed by atoms with Gasteiger partial charge in [0.15, 0.2) is 0 Å². The zero-order valence-electron chi connectivity index (χ0n) is 16.0. The molecule has 0 saturated carbocycles. The van der Waals surface area contributed by atoms with Gasteiger partial charge < -0.3 is 19.7 Å². The summed E-state index contributed by atoms with van der Waals surface area (Å²) in [5.74, 6) is 0.327. The topological polar surface area (TPSA) is 67.9 Å². The largest absolute Gasteiger partial charge is 0.497 e. The van der Waals surface area contributed by atoms with Gasteiger partial charge in [0.1, 0.15) is 11.8 Å². The number of amides is 2. The first kappa shape index (κ1) is 20.5. The van der Waals surface area contributed by atoms with Gasteiger partial charge in [-0.25, -0.2) is 0 Å². The molecule has 0 aromatic heterocycles. The number of rotatable bonds is 9. The number of hydrogen-bond donors (Lipinski definition) is 1. The van der Waals surface area contributed by atoms with E-state index in [2.05, 4.69) is 5.32 Å². The van der Waals surface area contributed by atoms with Gasteiger partial charge in [0.05, 0.1) is 13.7 Å². The van der Waals surface area contributed by atoms with E-state index >= 15 is 0 Å². The number of ether oxygens (including phenoxy) is 2. The molecule has 0 fully saturated rings. The van der Waals surface area contributed by atoms with Crippen LogP contribution < -0.4 is 10.1 Å². The fourth-order valence-corrected chi connectivity index (χ4v) is 2.79. The third-order valence-corrected chi connectivity index (χ3v) is 4.20. The molecule has 0 radical (unpaired) electrons. The molecule has 0 spiro atoms. The van der Waals surface area contributed by atoms with Crippen LogP contribution in [0.1, 0.15) is 24.1 Å². The summed E-state index contributed by atoms with van der Waals surface area (Å²) in [6.45, 7) is 2.58. The molecule has 0 aliphatic carbocycles. The number of nitrogens with one attached hydrogen (secondary N) is 1. The lowest BCUT2D eigenvalue weighted by atomic mass is 10.0. The number of nitrogens with zero attached hydrogens (tertiary/aromatic N) is 1. The first-order valence-electron chi connectivity index (χ1n) is 8.78. The van der Waals surface area contributed by atoms with Crippen LogP contribution in [0.4, 0.5) is 0 Å². The Morgan fingerprint density at radius 3 is 2.26 bits per heavy atom. The van der Waals surface area contributed by atoms with Gasteiger partial charge in [0.2, 0.25) is 11.8 Å². The first-order chi connectivity index (χ1) is 13.1. The quantitative estimate of drug-likeness (QED) is 0.689. The lowest BCUT2D eigenvalue weighted by Gasteiger charge is -2.30. The smallest absolute Gasteiger partial charge is 0.247 e. The Balaban J connectivity index is 2.29. The summed E-state index contributed by atoms with van der Waals surface area (Å²) in [4.78, 5) is 26.9. The van der Waals surface area contributed by atoms with E-state index in [0.717, 1.165) is 16.9 Å². The molecule has 0 bridgehead atoms. The summed E-state index contributed by atoms with van der Waals surface area (Å²) >= 11 is 0. The number of carbonyl (C=O) groups excluding carboxylic acids is 2. The second-order valence-corrected chi connectivity index (χ2v) is 6.09. The molecule has 0 saturated heterocycles. The van der Waals surface area contributed by atoms with Crippen LogP contribution >= 0.6 is 0 Å². The van der Waals surface area contributed by atoms with E-state index in [1.807, 2.05) is 54.6 Å². The Labute approximate surface area is 160 Å². The van der Waals surface area contributed by atoms with Crippen LogP contribution in [0.3, 0.4) is 0 Å². The SMILES string of the molecule is COCCNC(=O)[C@H](c1ccccc1)N(Cc1ccc(OC)cc1)C(C)=O. The normalized spacial score (nSPS) is 11.5. The van der Waals surface area contributed by atoms with Crippen molar-refractivity contribution in [3.8, 4) is 5.75 Å². The van der Waals surface area contributed by atoms with Crippen molar-refractivity contribution in [3.05, 3.63) is 65.7 Å². The molecule has 2 amide bonds. The fraction of sp³-hybridized carbons (Fsp3) is 0.333. The van der Waals surface area contributed by atoms with E-state index in [9.17, 15) is 9.59 Å². The Morgan fingerprint density at radius 2 is 1.70 bits per heavy atom. The van der Waals surface area contributed by atoms with Crippen LogP contribution in [-0.4, -0.2) is 44.1 Å². The van der Waals surface area contributed by atoms with Crippen LogP contribution in [-0.2, 0) is 20.9 Å². The van der Waals surface area contributed by atoms with E-state index in [-0.39, 0.29) is 11.8 Å². The van der Waals surface area contributed by atoms with Crippen molar-refractivity contribution >= 4 is 11.8 Å². The maximum absolute atomic E-state index is 12.9. The van der Waals surface area contributed by atoms with E-state index in [1.165, 1.54) is 6.92 Å². The fourth-order valence-electron chi connectivity index (χ4n) is 2.79. The van der Waals surface area contributed by atoms with Crippen molar-refractivity contribution in [2.24, 2.45) is 0 Å². The maximum atomic E-state index is 12.9. The number of carbonyl (C=O) groups is 2. The Bertz CT molecular complexity index is 732. The first-order valence-corrected chi connectivity index (χ1v) is 8.78. The molecule has 6 heteroatoms. The van der Waals surface area contributed by atoms with Crippen molar-refractivity contribution in [1.82, 2.24) is 10.2 Å². The van der Waals surface area contributed by atoms with E-state index in [0.29, 0.717) is 19.7 Å². The van der Waals surface area contributed by atoms with Gasteiger partial charge in [0, 0.05) is 27.1 Å². The minimum absolute atomic E-state index is 0.179. The van der Waals surface area contributed by atoms with Crippen LogP contribution in [0, 0.1) is 0 Å². The van der Waals surface area contributed by atoms with E-state index in [1.54, 1.807) is 19.1 Å². The van der Waals surface area contributed by atoms with Gasteiger partial charge in [-0.1, -0.05) is 42.5 Å². The highest BCUT2D eigenvalue weighted by atomic mass is 16.5. The average molecular weight is 370 g/mol. The lowest BCUT2D eigenvalue weighted by Crippen LogP contribution is -2.43. The summed E-state index contributed by atoms with van der Waals surface area (Å²) in [7, 11) is 3.18. The van der Waals surface area contributed by atoms with Crippen molar-refractivity contribution in [2.75, 3.05) is 27.4 Å². The molecule has 27 heavy (non-hydrogen) atoms. The molecule has 0 heterocycles. The average Bonchev–Trinajstić information content (AvgIpc) is 2.69.